The zero-order chi connectivity index (χ0) is 17.6. The first-order valence-electron chi connectivity index (χ1n) is 8.14. The van der Waals surface area contributed by atoms with Crippen LogP contribution in [0.2, 0.25) is 0 Å². The molecule has 0 fully saturated rings. The van der Waals surface area contributed by atoms with Crippen LogP contribution in [0.15, 0.2) is 65.3 Å². The molecule has 25 heavy (non-hydrogen) atoms. The Kier molecular flexibility index (Phi) is 5.09. The van der Waals surface area contributed by atoms with Gasteiger partial charge >= 0.3 is 5.97 Å². The van der Waals surface area contributed by atoms with Crippen LogP contribution in [0.5, 0.6) is 5.75 Å². The second-order valence-corrected chi connectivity index (χ2v) is 5.62. The van der Waals surface area contributed by atoms with Gasteiger partial charge in [0.05, 0.1) is 6.61 Å². The van der Waals surface area contributed by atoms with E-state index in [0.717, 1.165) is 16.9 Å². The molecule has 2 aromatic carbocycles. The largest absolute Gasteiger partial charge is 0.494 e. The summed E-state index contributed by atoms with van der Waals surface area (Å²) in [5.41, 5.74) is 3.37. The molecule has 0 saturated carbocycles. The van der Waals surface area contributed by atoms with Crippen molar-refractivity contribution in [3.63, 3.8) is 0 Å². The Morgan fingerprint density at radius 2 is 1.68 bits per heavy atom. The zero-order valence-corrected chi connectivity index (χ0v) is 14.2. The Labute approximate surface area is 147 Å². The lowest BCUT2D eigenvalue weighted by Crippen LogP contribution is -2.01. The number of hydrogen-bond donors (Lipinski definition) is 0. The van der Waals surface area contributed by atoms with Gasteiger partial charge in [0.15, 0.2) is 5.70 Å². The van der Waals surface area contributed by atoms with Crippen LogP contribution < -0.4 is 4.74 Å². The van der Waals surface area contributed by atoms with E-state index >= 15 is 0 Å². The van der Waals surface area contributed by atoms with Gasteiger partial charge in [-0.2, -0.15) is 0 Å². The number of aliphatic imine (C=N–C) groups is 1. The van der Waals surface area contributed by atoms with Crippen LogP contribution in [-0.4, -0.2) is 18.5 Å². The Morgan fingerprint density at radius 1 is 1.00 bits per heavy atom. The highest BCUT2D eigenvalue weighted by Gasteiger charge is 2.21. The van der Waals surface area contributed by atoms with Gasteiger partial charge in [-0.15, -0.1) is 0 Å². The first-order chi connectivity index (χ1) is 12.1. The molecule has 0 bridgehead atoms. The van der Waals surface area contributed by atoms with E-state index in [9.17, 15) is 4.79 Å². The van der Waals surface area contributed by atoms with Crippen LogP contribution >= 0.6 is 0 Å². The number of aryl methyl sites for hydroxylation is 1. The standard InChI is InChI=1S/C21H19NO3/c1-3-24-18-11-8-17(9-12-18)14-19-21(23)25-20(22-19)13-10-16-6-4-15(2)5-7-16/h4-14H,3H2,1-2H3. The summed E-state index contributed by atoms with van der Waals surface area (Å²) >= 11 is 0. The molecule has 0 radical (unpaired) electrons. The Bertz CT molecular complexity index is 844. The van der Waals surface area contributed by atoms with E-state index in [-0.39, 0.29) is 5.70 Å². The molecule has 1 heterocycles. The van der Waals surface area contributed by atoms with Crippen molar-refractivity contribution in [1.29, 1.82) is 0 Å². The number of carbonyl (C=O) groups excluding carboxylic acids is 1. The molecule has 0 atom stereocenters. The summed E-state index contributed by atoms with van der Waals surface area (Å²) < 4.78 is 10.6. The average Bonchev–Trinajstić information content (AvgIpc) is 2.96. The second-order valence-electron chi connectivity index (χ2n) is 5.62. The zero-order valence-electron chi connectivity index (χ0n) is 14.2. The van der Waals surface area contributed by atoms with Crippen LogP contribution in [0.25, 0.3) is 12.2 Å². The molecule has 1 aliphatic heterocycles. The Morgan fingerprint density at radius 3 is 2.36 bits per heavy atom. The van der Waals surface area contributed by atoms with Crippen molar-refractivity contribution >= 4 is 24.0 Å². The minimum atomic E-state index is -0.447. The fourth-order valence-electron chi connectivity index (χ4n) is 2.33. The molecule has 0 saturated heterocycles. The molecule has 0 unspecified atom stereocenters. The predicted octanol–water partition coefficient (Wildman–Crippen LogP) is 4.40. The van der Waals surface area contributed by atoms with Crippen molar-refractivity contribution in [1.82, 2.24) is 0 Å². The lowest BCUT2D eigenvalue weighted by Gasteiger charge is -2.02. The molecular formula is C21H19NO3. The van der Waals surface area contributed by atoms with Gasteiger partial charge in [0.2, 0.25) is 5.90 Å². The second kappa shape index (κ2) is 7.62. The monoisotopic (exact) mass is 333 g/mol. The molecule has 0 spiro atoms. The molecule has 1 aliphatic rings. The number of cyclic esters (lactones) is 1. The van der Waals surface area contributed by atoms with E-state index in [1.54, 1.807) is 12.2 Å². The summed E-state index contributed by atoms with van der Waals surface area (Å²) in [7, 11) is 0. The highest BCUT2D eigenvalue weighted by molar-refractivity contribution is 6.11. The molecule has 4 nitrogen and oxygen atoms in total. The lowest BCUT2D eigenvalue weighted by molar-refractivity contribution is -0.129. The van der Waals surface area contributed by atoms with E-state index in [1.807, 2.05) is 68.5 Å². The topological polar surface area (TPSA) is 47.9 Å². The Balaban J connectivity index is 1.74. The first kappa shape index (κ1) is 16.7. The van der Waals surface area contributed by atoms with Gasteiger partial charge in [-0.1, -0.05) is 42.0 Å². The highest BCUT2D eigenvalue weighted by Crippen LogP contribution is 2.19. The number of esters is 1. The van der Waals surface area contributed by atoms with Crippen LogP contribution in [0.1, 0.15) is 23.6 Å². The smallest absolute Gasteiger partial charge is 0.363 e. The number of benzene rings is 2. The van der Waals surface area contributed by atoms with E-state index in [0.29, 0.717) is 12.5 Å². The van der Waals surface area contributed by atoms with Crippen molar-refractivity contribution in [2.45, 2.75) is 13.8 Å². The van der Waals surface area contributed by atoms with Gasteiger partial charge in [0.1, 0.15) is 5.75 Å². The summed E-state index contributed by atoms with van der Waals surface area (Å²) in [4.78, 5) is 16.2. The molecule has 0 aliphatic carbocycles. The van der Waals surface area contributed by atoms with Crippen molar-refractivity contribution in [3.8, 4) is 5.75 Å². The number of rotatable bonds is 5. The van der Waals surface area contributed by atoms with Crippen molar-refractivity contribution in [2.24, 2.45) is 4.99 Å². The quantitative estimate of drug-likeness (QED) is 0.602. The number of nitrogens with zero attached hydrogens (tertiary/aromatic N) is 1. The first-order valence-corrected chi connectivity index (χ1v) is 8.14. The van der Waals surface area contributed by atoms with Gasteiger partial charge in [0, 0.05) is 6.08 Å². The molecule has 0 amide bonds. The van der Waals surface area contributed by atoms with Gasteiger partial charge in [-0.25, -0.2) is 9.79 Å². The maximum Gasteiger partial charge on any atom is 0.363 e. The van der Waals surface area contributed by atoms with E-state index in [1.165, 1.54) is 5.56 Å². The third-order valence-corrected chi connectivity index (χ3v) is 3.63. The van der Waals surface area contributed by atoms with Gasteiger partial charge in [0.25, 0.3) is 0 Å². The fourth-order valence-corrected chi connectivity index (χ4v) is 2.33. The third kappa shape index (κ3) is 4.44. The summed E-state index contributed by atoms with van der Waals surface area (Å²) in [6, 6.07) is 15.5. The summed E-state index contributed by atoms with van der Waals surface area (Å²) in [6.07, 6.45) is 5.26. The van der Waals surface area contributed by atoms with Crippen LogP contribution in [0, 0.1) is 6.92 Å². The van der Waals surface area contributed by atoms with Crippen LogP contribution in [0.3, 0.4) is 0 Å². The number of hydrogen-bond acceptors (Lipinski definition) is 4. The van der Waals surface area contributed by atoms with E-state index < -0.39 is 5.97 Å². The molecule has 4 heteroatoms. The molecule has 0 N–H and O–H groups in total. The van der Waals surface area contributed by atoms with Gasteiger partial charge in [-0.3, -0.25) is 0 Å². The molecule has 126 valence electrons. The molecular weight excluding hydrogens is 314 g/mol. The Hall–Kier alpha value is -3.14. The third-order valence-electron chi connectivity index (χ3n) is 3.63. The predicted molar refractivity (Wildman–Crippen MR) is 99.3 cm³/mol. The van der Waals surface area contributed by atoms with Crippen molar-refractivity contribution in [2.75, 3.05) is 6.61 Å². The average molecular weight is 333 g/mol. The minimum Gasteiger partial charge on any atom is -0.494 e. The molecule has 0 aromatic heterocycles. The lowest BCUT2D eigenvalue weighted by atomic mass is 10.1. The maximum atomic E-state index is 12.0. The van der Waals surface area contributed by atoms with Gasteiger partial charge < -0.3 is 9.47 Å². The number of carbonyl (C=O) groups is 1. The maximum absolute atomic E-state index is 12.0. The highest BCUT2D eigenvalue weighted by atomic mass is 16.6. The molecule has 2 aromatic rings. The van der Waals surface area contributed by atoms with Crippen LogP contribution in [-0.2, 0) is 9.53 Å². The van der Waals surface area contributed by atoms with E-state index in [4.69, 9.17) is 9.47 Å². The van der Waals surface area contributed by atoms with E-state index in [2.05, 4.69) is 4.99 Å². The van der Waals surface area contributed by atoms with Crippen molar-refractivity contribution < 1.29 is 14.3 Å². The fraction of sp³-hybridized carbons (Fsp3) is 0.143. The van der Waals surface area contributed by atoms with Crippen molar-refractivity contribution in [3.05, 3.63) is 77.0 Å². The minimum absolute atomic E-state index is 0.285. The normalized spacial score (nSPS) is 15.5. The summed E-state index contributed by atoms with van der Waals surface area (Å²) in [5, 5.41) is 0. The number of ether oxygens (including phenoxy) is 2. The SMILES string of the molecule is CCOc1ccc(C=C2N=C(C=Cc3ccc(C)cc3)OC2=O)cc1. The molecule has 3 rings (SSSR count). The summed E-state index contributed by atoms with van der Waals surface area (Å²) in [5.74, 6) is 0.643. The van der Waals surface area contributed by atoms with Gasteiger partial charge in [-0.05, 0) is 49.3 Å². The van der Waals surface area contributed by atoms with Crippen LogP contribution in [0.4, 0.5) is 0 Å². The summed E-state index contributed by atoms with van der Waals surface area (Å²) in [6.45, 7) is 4.59.